The van der Waals surface area contributed by atoms with Gasteiger partial charge in [0.2, 0.25) is 0 Å². The zero-order chi connectivity index (χ0) is 29.6. The number of hydrogen-bond acceptors (Lipinski definition) is 7. The molecule has 0 bridgehead atoms. The highest BCUT2D eigenvalue weighted by Crippen LogP contribution is 2.38. The van der Waals surface area contributed by atoms with Crippen molar-refractivity contribution < 1.29 is 22.7 Å². The summed E-state index contributed by atoms with van der Waals surface area (Å²) in [6.45, 7) is 6.50. The van der Waals surface area contributed by atoms with Gasteiger partial charge in [0.25, 0.3) is 0 Å². The smallest absolute Gasteiger partial charge is 0.445 e. The lowest BCUT2D eigenvalue weighted by Crippen LogP contribution is -2.24. The third-order valence-corrected chi connectivity index (χ3v) is 8.78. The number of rotatable bonds is 12. The quantitative estimate of drug-likeness (QED) is 0.0998. The van der Waals surface area contributed by atoms with Crippen LogP contribution >= 0.6 is 22.9 Å². The Hall–Kier alpha value is -3.47. The molecule has 0 saturated heterocycles. The van der Waals surface area contributed by atoms with Crippen molar-refractivity contribution in [3.05, 3.63) is 82.0 Å². The van der Waals surface area contributed by atoms with Crippen molar-refractivity contribution in [3.63, 3.8) is 0 Å². The molecular weight excluding hydrogens is 582 g/mol. The normalized spacial score (nSPS) is 11.5. The summed E-state index contributed by atoms with van der Waals surface area (Å²) in [5.74, 6) is 0.945. The number of ether oxygens (including phenoxy) is 1. The molecule has 0 aliphatic carbocycles. The molecule has 0 fully saturated rings. The van der Waals surface area contributed by atoms with Crippen LogP contribution in [0.4, 0.5) is 9.80 Å². The summed E-state index contributed by atoms with van der Waals surface area (Å²) >= 11 is 7.59. The topological polar surface area (TPSA) is 107 Å². The molecule has 2 aromatic carbocycles. The van der Waals surface area contributed by atoms with Crippen LogP contribution in [0.1, 0.15) is 54.5 Å². The van der Waals surface area contributed by atoms with Gasteiger partial charge < -0.3 is 9.30 Å². The fourth-order valence-electron chi connectivity index (χ4n) is 4.26. The number of thiophene rings is 1. The Morgan fingerprint density at radius 3 is 2.46 bits per heavy atom. The third-order valence-electron chi connectivity index (χ3n) is 6.27. The SMILES string of the molecule is CCCCOC(=O)S(=O)(=O)Nc1sc(CC(C)C)cc1-c1ccc(Cn2c(-c3ccccc3)nc(Cl)c2C=O)cc1. The molecular formula is C30H32ClN3O5S2. The van der Waals surface area contributed by atoms with Gasteiger partial charge in [0.1, 0.15) is 16.5 Å². The van der Waals surface area contributed by atoms with Gasteiger partial charge in [-0.05, 0) is 36.0 Å². The molecule has 216 valence electrons. The molecule has 0 amide bonds. The van der Waals surface area contributed by atoms with E-state index in [4.69, 9.17) is 16.3 Å². The van der Waals surface area contributed by atoms with Crippen molar-refractivity contribution in [2.75, 3.05) is 11.3 Å². The van der Waals surface area contributed by atoms with E-state index in [1.54, 1.807) is 4.57 Å². The van der Waals surface area contributed by atoms with Crippen molar-refractivity contribution in [1.82, 2.24) is 9.55 Å². The number of sulfonamides is 1. The van der Waals surface area contributed by atoms with E-state index in [-0.39, 0.29) is 17.5 Å². The number of unbranched alkanes of at least 4 members (excludes halogenated alkanes) is 1. The summed E-state index contributed by atoms with van der Waals surface area (Å²) in [6.07, 6.45) is 2.82. The van der Waals surface area contributed by atoms with E-state index in [2.05, 4.69) is 23.6 Å². The van der Waals surface area contributed by atoms with Crippen molar-refractivity contribution in [1.29, 1.82) is 0 Å². The second-order valence-corrected chi connectivity index (χ2v) is 13.0. The van der Waals surface area contributed by atoms with Crippen molar-refractivity contribution in [2.24, 2.45) is 5.92 Å². The van der Waals surface area contributed by atoms with Gasteiger partial charge in [-0.3, -0.25) is 9.52 Å². The van der Waals surface area contributed by atoms with Crippen LogP contribution < -0.4 is 4.72 Å². The number of aromatic nitrogens is 2. The molecule has 41 heavy (non-hydrogen) atoms. The van der Waals surface area contributed by atoms with E-state index >= 15 is 0 Å². The highest BCUT2D eigenvalue weighted by molar-refractivity contribution is 8.07. The lowest BCUT2D eigenvalue weighted by molar-refractivity contribution is 0.111. The Kier molecular flexibility index (Phi) is 10.0. The molecule has 8 nitrogen and oxygen atoms in total. The molecule has 0 atom stereocenters. The Bertz CT molecular complexity index is 1610. The third kappa shape index (κ3) is 7.44. The van der Waals surface area contributed by atoms with Crippen LogP contribution in [0.15, 0.2) is 60.7 Å². The van der Waals surface area contributed by atoms with Gasteiger partial charge in [-0.25, -0.2) is 9.78 Å². The first-order chi connectivity index (χ1) is 19.6. The minimum atomic E-state index is -4.38. The zero-order valence-corrected chi connectivity index (χ0v) is 25.5. The molecule has 11 heteroatoms. The minimum Gasteiger partial charge on any atom is -0.453 e. The standard InChI is InChI=1S/C30H32ClN3O5S2/c1-4-5-15-39-30(36)41(37,38)33-29-25(17-24(40-29)16-20(2)3)22-13-11-21(12-14-22)18-34-26(19-35)27(31)32-28(34)23-9-7-6-8-10-23/h6-14,17,19-20,33H,4-5,15-16,18H2,1-3H3. The molecule has 0 saturated carbocycles. The van der Waals surface area contributed by atoms with Crippen LogP contribution in [-0.4, -0.2) is 36.2 Å². The fraction of sp³-hybridized carbons (Fsp3) is 0.300. The molecule has 0 spiro atoms. The molecule has 2 heterocycles. The van der Waals surface area contributed by atoms with Gasteiger partial charge >= 0.3 is 15.3 Å². The fourth-order valence-corrected chi connectivity index (χ4v) is 6.81. The lowest BCUT2D eigenvalue weighted by atomic mass is 10.0. The van der Waals surface area contributed by atoms with Gasteiger partial charge in [-0.2, -0.15) is 8.42 Å². The van der Waals surface area contributed by atoms with Crippen molar-refractivity contribution in [2.45, 2.75) is 46.6 Å². The lowest BCUT2D eigenvalue weighted by Gasteiger charge is -2.11. The number of nitrogens with one attached hydrogen (secondary N) is 1. The number of halogens is 1. The van der Waals surface area contributed by atoms with E-state index in [1.807, 2.05) is 67.6 Å². The maximum atomic E-state index is 12.8. The highest BCUT2D eigenvalue weighted by atomic mass is 35.5. The van der Waals surface area contributed by atoms with E-state index in [0.717, 1.165) is 34.4 Å². The van der Waals surface area contributed by atoms with Crippen LogP contribution in [-0.2, 0) is 27.7 Å². The summed E-state index contributed by atoms with van der Waals surface area (Å²) in [4.78, 5) is 29.5. The number of carbonyl (C=O) groups is 2. The average Bonchev–Trinajstić information content (AvgIpc) is 3.47. The number of benzene rings is 2. The van der Waals surface area contributed by atoms with Crippen molar-refractivity contribution >= 4 is 49.5 Å². The zero-order valence-electron chi connectivity index (χ0n) is 23.1. The molecule has 2 aromatic heterocycles. The Morgan fingerprint density at radius 2 is 1.83 bits per heavy atom. The summed E-state index contributed by atoms with van der Waals surface area (Å²) in [5, 5.41) is -0.793. The maximum absolute atomic E-state index is 12.8. The largest absolute Gasteiger partial charge is 0.453 e. The molecule has 4 aromatic rings. The van der Waals surface area contributed by atoms with E-state index in [1.165, 1.54) is 11.3 Å². The Balaban J connectivity index is 1.63. The van der Waals surface area contributed by atoms with E-state index in [0.29, 0.717) is 41.6 Å². The molecule has 0 aliphatic heterocycles. The predicted octanol–water partition coefficient (Wildman–Crippen LogP) is 7.67. The first-order valence-corrected chi connectivity index (χ1v) is 16.0. The maximum Gasteiger partial charge on any atom is 0.445 e. The van der Waals surface area contributed by atoms with Crippen LogP contribution in [0, 0.1) is 5.92 Å². The molecule has 1 N–H and O–H groups in total. The van der Waals surface area contributed by atoms with Crippen LogP contribution in [0.3, 0.4) is 0 Å². The molecule has 4 rings (SSSR count). The first-order valence-electron chi connectivity index (χ1n) is 13.3. The predicted molar refractivity (Wildman–Crippen MR) is 164 cm³/mol. The molecule has 0 aliphatic rings. The Morgan fingerprint density at radius 1 is 1.12 bits per heavy atom. The summed E-state index contributed by atoms with van der Waals surface area (Å²) in [6, 6.07) is 19.0. The number of imidazole rings is 1. The van der Waals surface area contributed by atoms with Gasteiger partial charge in [-0.15, -0.1) is 11.3 Å². The van der Waals surface area contributed by atoms with Crippen LogP contribution in [0.25, 0.3) is 22.5 Å². The minimum absolute atomic E-state index is 0.0491. The number of nitrogens with zero attached hydrogens (tertiary/aromatic N) is 2. The average molecular weight is 614 g/mol. The second kappa shape index (κ2) is 13.5. The number of aldehydes is 1. The highest BCUT2D eigenvalue weighted by Gasteiger charge is 2.27. The van der Waals surface area contributed by atoms with E-state index in [9.17, 15) is 18.0 Å². The summed E-state index contributed by atoms with van der Waals surface area (Å²) in [7, 11) is -4.38. The van der Waals surface area contributed by atoms with Gasteiger partial charge in [0.15, 0.2) is 11.4 Å². The van der Waals surface area contributed by atoms with Crippen LogP contribution in [0.2, 0.25) is 5.15 Å². The number of hydrogen-bond donors (Lipinski definition) is 1. The summed E-state index contributed by atoms with van der Waals surface area (Å²) in [5.41, 5.74) is 3.46. The van der Waals surface area contributed by atoms with Crippen molar-refractivity contribution in [3.8, 4) is 22.5 Å². The van der Waals surface area contributed by atoms with Crippen LogP contribution in [0.5, 0.6) is 0 Å². The van der Waals surface area contributed by atoms with Gasteiger partial charge in [-0.1, -0.05) is 93.4 Å². The second-order valence-electron chi connectivity index (χ2n) is 9.99. The first kappa shape index (κ1) is 30.5. The van der Waals surface area contributed by atoms with Gasteiger partial charge in [0, 0.05) is 22.5 Å². The summed E-state index contributed by atoms with van der Waals surface area (Å²) < 4.78 is 34.7. The van der Waals surface area contributed by atoms with E-state index < -0.39 is 15.3 Å². The molecule has 0 unspecified atom stereocenters. The van der Waals surface area contributed by atoms with Gasteiger partial charge in [0.05, 0.1) is 6.61 Å². The Labute approximate surface area is 249 Å². The number of carbonyl (C=O) groups excluding carboxylic acids is 2. The number of anilines is 1. The monoisotopic (exact) mass is 613 g/mol. The molecule has 0 radical (unpaired) electrons.